The van der Waals surface area contributed by atoms with Crippen molar-refractivity contribution in [1.82, 2.24) is 0 Å². The predicted molar refractivity (Wildman–Crippen MR) is 75.4 cm³/mol. The van der Waals surface area contributed by atoms with Gasteiger partial charge in [-0.3, -0.25) is 0 Å². The molecule has 0 aliphatic rings. The number of methoxy groups -OCH3 is 1. The topological polar surface area (TPSA) is 47.3 Å². The summed E-state index contributed by atoms with van der Waals surface area (Å²) >= 11 is 0. The first kappa shape index (κ1) is 13.4. The molecular formula is C15H17FN2O. The summed E-state index contributed by atoms with van der Waals surface area (Å²) in [7, 11) is 1.62. The van der Waals surface area contributed by atoms with Crippen molar-refractivity contribution < 1.29 is 9.13 Å². The van der Waals surface area contributed by atoms with Crippen molar-refractivity contribution in [1.29, 1.82) is 0 Å². The minimum Gasteiger partial charge on any atom is -0.497 e. The van der Waals surface area contributed by atoms with Gasteiger partial charge in [-0.2, -0.15) is 0 Å². The fraction of sp³-hybridized carbons (Fsp3) is 0.200. The molecule has 0 radical (unpaired) electrons. The van der Waals surface area contributed by atoms with Crippen LogP contribution in [0.4, 0.5) is 15.8 Å². The van der Waals surface area contributed by atoms with Crippen LogP contribution in [-0.2, 0) is 6.42 Å². The molecule has 0 unspecified atom stereocenters. The fourth-order valence-electron chi connectivity index (χ4n) is 1.90. The zero-order valence-corrected chi connectivity index (χ0v) is 10.8. The Morgan fingerprint density at radius 1 is 1.21 bits per heavy atom. The predicted octanol–water partition coefficient (Wildman–Crippen LogP) is 3.08. The Kier molecular flexibility index (Phi) is 4.36. The van der Waals surface area contributed by atoms with Crippen LogP contribution < -0.4 is 15.8 Å². The lowest BCUT2D eigenvalue weighted by Gasteiger charge is -2.12. The molecule has 0 aromatic heterocycles. The Morgan fingerprint density at radius 3 is 2.79 bits per heavy atom. The van der Waals surface area contributed by atoms with Crippen LogP contribution in [0.5, 0.6) is 5.75 Å². The van der Waals surface area contributed by atoms with Gasteiger partial charge >= 0.3 is 0 Å². The molecule has 0 fully saturated rings. The molecule has 0 bridgehead atoms. The zero-order chi connectivity index (χ0) is 13.7. The highest BCUT2D eigenvalue weighted by atomic mass is 19.1. The second kappa shape index (κ2) is 6.20. The van der Waals surface area contributed by atoms with Gasteiger partial charge in [0.05, 0.1) is 7.11 Å². The lowest BCUT2D eigenvalue weighted by molar-refractivity contribution is 0.415. The van der Waals surface area contributed by atoms with Gasteiger partial charge in [0.2, 0.25) is 0 Å². The molecule has 0 saturated heterocycles. The average molecular weight is 260 g/mol. The number of halogens is 1. The van der Waals surface area contributed by atoms with Gasteiger partial charge in [0.25, 0.3) is 0 Å². The van der Waals surface area contributed by atoms with Crippen molar-refractivity contribution in [3.8, 4) is 5.75 Å². The summed E-state index contributed by atoms with van der Waals surface area (Å²) in [5, 5.41) is 3.26. The van der Waals surface area contributed by atoms with Gasteiger partial charge in [-0.25, -0.2) is 4.39 Å². The molecule has 0 aliphatic heterocycles. The summed E-state index contributed by atoms with van der Waals surface area (Å²) in [6.45, 7) is 0.482. The summed E-state index contributed by atoms with van der Waals surface area (Å²) in [5.41, 5.74) is 8.17. The quantitative estimate of drug-likeness (QED) is 0.868. The first-order valence-electron chi connectivity index (χ1n) is 6.12. The maximum atomic E-state index is 13.2. The van der Waals surface area contributed by atoms with Gasteiger partial charge in [-0.1, -0.05) is 6.07 Å². The van der Waals surface area contributed by atoms with Gasteiger partial charge in [0.1, 0.15) is 11.6 Å². The SMILES string of the molecule is COc1cccc(Nc2ccc(F)cc2CCN)c1. The normalized spacial score (nSPS) is 10.3. The standard InChI is InChI=1S/C15H17FN2O/c1-19-14-4-2-3-13(10-14)18-15-6-5-12(16)9-11(15)7-8-17/h2-6,9-10,18H,7-8,17H2,1H3. The lowest BCUT2D eigenvalue weighted by Crippen LogP contribution is -2.05. The number of benzene rings is 2. The van der Waals surface area contributed by atoms with E-state index in [0.29, 0.717) is 13.0 Å². The lowest BCUT2D eigenvalue weighted by atomic mass is 10.1. The van der Waals surface area contributed by atoms with E-state index >= 15 is 0 Å². The maximum Gasteiger partial charge on any atom is 0.123 e. The van der Waals surface area contributed by atoms with Crippen molar-refractivity contribution in [2.45, 2.75) is 6.42 Å². The third-order valence-corrected chi connectivity index (χ3v) is 2.83. The van der Waals surface area contributed by atoms with E-state index in [1.165, 1.54) is 12.1 Å². The minimum atomic E-state index is -0.250. The molecule has 0 amide bonds. The van der Waals surface area contributed by atoms with E-state index in [0.717, 1.165) is 22.7 Å². The molecule has 3 nitrogen and oxygen atoms in total. The highest BCUT2D eigenvalue weighted by molar-refractivity contribution is 5.64. The van der Waals surface area contributed by atoms with Crippen molar-refractivity contribution in [3.63, 3.8) is 0 Å². The highest BCUT2D eigenvalue weighted by Crippen LogP contribution is 2.24. The van der Waals surface area contributed by atoms with E-state index in [1.807, 2.05) is 24.3 Å². The molecule has 4 heteroatoms. The van der Waals surface area contributed by atoms with E-state index in [1.54, 1.807) is 13.2 Å². The van der Waals surface area contributed by atoms with Gasteiger partial charge in [-0.05, 0) is 48.9 Å². The van der Waals surface area contributed by atoms with Gasteiger partial charge in [0.15, 0.2) is 0 Å². The Hall–Kier alpha value is -2.07. The molecule has 0 heterocycles. The number of hydrogen-bond donors (Lipinski definition) is 2. The molecule has 2 rings (SSSR count). The van der Waals surface area contributed by atoms with Crippen LogP contribution in [0, 0.1) is 5.82 Å². The summed E-state index contributed by atoms with van der Waals surface area (Å²) in [6, 6.07) is 12.2. The Morgan fingerprint density at radius 2 is 2.05 bits per heavy atom. The van der Waals surface area contributed by atoms with Crippen molar-refractivity contribution in [2.75, 3.05) is 19.0 Å². The number of ether oxygens (including phenoxy) is 1. The summed E-state index contributed by atoms with van der Waals surface area (Å²) < 4.78 is 18.4. The first-order chi connectivity index (χ1) is 9.22. The molecular weight excluding hydrogens is 243 g/mol. The summed E-state index contributed by atoms with van der Waals surface area (Å²) in [6.07, 6.45) is 0.629. The van der Waals surface area contributed by atoms with E-state index in [-0.39, 0.29) is 5.82 Å². The van der Waals surface area contributed by atoms with Crippen LogP contribution in [-0.4, -0.2) is 13.7 Å². The van der Waals surface area contributed by atoms with E-state index < -0.39 is 0 Å². The molecule has 19 heavy (non-hydrogen) atoms. The van der Waals surface area contributed by atoms with Crippen molar-refractivity contribution >= 4 is 11.4 Å². The highest BCUT2D eigenvalue weighted by Gasteiger charge is 2.04. The molecule has 0 aliphatic carbocycles. The number of nitrogens with two attached hydrogens (primary N) is 1. The van der Waals surface area contributed by atoms with E-state index in [4.69, 9.17) is 10.5 Å². The van der Waals surface area contributed by atoms with Crippen LogP contribution in [0.3, 0.4) is 0 Å². The van der Waals surface area contributed by atoms with E-state index in [9.17, 15) is 4.39 Å². The summed E-state index contributed by atoms with van der Waals surface area (Å²) in [4.78, 5) is 0. The molecule has 0 spiro atoms. The van der Waals surface area contributed by atoms with Crippen LogP contribution in [0.25, 0.3) is 0 Å². The third kappa shape index (κ3) is 3.45. The average Bonchev–Trinajstić information content (AvgIpc) is 2.42. The number of rotatable bonds is 5. The van der Waals surface area contributed by atoms with Crippen LogP contribution in [0.15, 0.2) is 42.5 Å². The molecule has 2 aromatic carbocycles. The molecule has 100 valence electrons. The summed E-state index contributed by atoms with van der Waals surface area (Å²) in [5.74, 6) is 0.520. The second-order valence-electron chi connectivity index (χ2n) is 4.20. The first-order valence-corrected chi connectivity index (χ1v) is 6.12. The largest absolute Gasteiger partial charge is 0.497 e. The van der Waals surface area contributed by atoms with Crippen molar-refractivity contribution in [3.05, 3.63) is 53.8 Å². The molecule has 2 aromatic rings. The maximum absolute atomic E-state index is 13.2. The fourth-order valence-corrected chi connectivity index (χ4v) is 1.90. The number of anilines is 2. The van der Waals surface area contributed by atoms with Gasteiger partial charge in [-0.15, -0.1) is 0 Å². The van der Waals surface area contributed by atoms with Gasteiger partial charge in [0, 0.05) is 17.4 Å². The molecule has 0 saturated carbocycles. The second-order valence-corrected chi connectivity index (χ2v) is 4.20. The minimum absolute atomic E-state index is 0.250. The monoisotopic (exact) mass is 260 g/mol. The molecule has 3 N–H and O–H groups in total. The zero-order valence-electron chi connectivity index (χ0n) is 10.8. The Labute approximate surface area is 112 Å². The smallest absolute Gasteiger partial charge is 0.123 e. The van der Waals surface area contributed by atoms with Crippen molar-refractivity contribution in [2.24, 2.45) is 5.73 Å². The van der Waals surface area contributed by atoms with Crippen LogP contribution >= 0.6 is 0 Å². The van der Waals surface area contributed by atoms with E-state index in [2.05, 4.69) is 5.32 Å². The Bertz CT molecular complexity index is 558. The molecule has 0 atom stereocenters. The van der Waals surface area contributed by atoms with Crippen LogP contribution in [0.2, 0.25) is 0 Å². The number of nitrogens with one attached hydrogen (secondary N) is 1. The third-order valence-electron chi connectivity index (χ3n) is 2.83. The van der Waals surface area contributed by atoms with Gasteiger partial charge < -0.3 is 15.8 Å². The Balaban J connectivity index is 2.26. The van der Waals surface area contributed by atoms with Crippen LogP contribution in [0.1, 0.15) is 5.56 Å². The number of hydrogen-bond acceptors (Lipinski definition) is 3.